The van der Waals surface area contributed by atoms with Crippen molar-refractivity contribution >= 4 is 11.6 Å². The van der Waals surface area contributed by atoms with Crippen molar-refractivity contribution in [1.82, 2.24) is 4.98 Å². The number of ether oxygens (including phenoxy) is 1. The van der Waals surface area contributed by atoms with Crippen LogP contribution in [0.2, 0.25) is 5.15 Å². The minimum absolute atomic E-state index is 0.00228. The molecule has 1 atom stereocenters. The van der Waals surface area contributed by atoms with E-state index in [1.807, 2.05) is 0 Å². The predicted molar refractivity (Wildman–Crippen MR) is 46.8 cm³/mol. The Morgan fingerprint density at radius 2 is 2.20 bits per heavy atom. The summed E-state index contributed by atoms with van der Waals surface area (Å²) in [6.45, 7) is -0.908. The Morgan fingerprint density at radius 1 is 1.53 bits per heavy atom. The van der Waals surface area contributed by atoms with Gasteiger partial charge in [-0.1, -0.05) is 11.6 Å². The topological polar surface area (TPSA) is 42.4 Å². The predicted octanol–water partition coefficient (Wildman–Crippen LogP) is 2.04. The minimum atomic E-state index is -4.70. The highest BCUT2D eigenvalue weighted by Gasteiger charge is 2.38. The summed E-state index contributed by atoms with van der Waals surface area (Å²) >= 11 is 5.52. The van der Waals surface area contributed by atoms with Crippen LogP contribution >= 0.6 is 11.6 Å². The summed E-state index contributed by atoms with van der Waals surface area (Å²) in [6.07, 6.45) is -5.86. The summed E-state index contributed by atoms with van der Waals surface area (Å²) in [4.78, 5) is 3.60. The third-order valence-corrected chi connectivity index (χ3v) is 1.78. The number of halogens is 4. The molecule has 0 radical (unpaired) electrons. The number of aliphatic hydroxyl groups is 1. The zero-order valence-electron chi connectivity index (χ0n) is 7.33. The first-order valence-electron chi connectivity index (χ1n) is 3.89. The average Bonchev–Trinajstić information content (AvgIpc) is 2.14. The molecule has 0 saturated carbocycles. The molecule has 0 saturated heterocycles. The van der Waals surface area contributed by atoms with Gasteiger partial charge in [0.1, 0.15) is 6.61 Å². The smallest absolute Gasteiger partial charge is 0.417 e. The summed E-state index contributed by atoms with van der Waals surface area (Å²) in [5, 5.41) is 8.58. The van der Waals surface area contributed by atoms with Crippen molar-refractivity contribution in [3.05, 3.63) is 23.5 Å². The zero-order valence-corrected chi connectivity index (χ0v) is 8.09. The number of aliphatic hydroxyl groups excluding tert-OH is 1. The zero-order chi connectivity index (χ0) is 11.5. The highest BCUT2D eigenvalue weighted by molar-refractivity contribution is 6.30. The van der Waals surface area contributed by atoms with E-state index >= 15 is 0 Å². The van der Waals surface area contributed by atoms with Crippen molar-refractivity contribution < 1.29 is 23.0 Å². The second kappa shape index (κ2) is 4.67. The van der Waals surface area contributed by atoms with Gasteiger partial charge in [0.25, 0.3) is 0 Å². The number of aromatic nitrogens is 1. The lowest BCUT2D eigenvalue weighted by molar-refractivity contribution is -0.210. The fourth-order valence-corrected chi connectivity index (χ4v) is 0.916. The number of alkyl halides is 3. The van der Waals surface area contributed by atoms with Gasteiger partial charge in [-0.2, -0.15) is 13.2 Å². The molecule has 3 nitrogen and oxygen atoms in total. The van der Waals surface area contributed by atoms with Crippen LogP contribution < -0.4 is 4.74 Å². The Hall–Kier alpha value is -1.01. The van der Waals surface area contributed by atoms with E-state index in [2.05, 4.69) is 9.72 Å². The highest BCUT2D eigenvalue weighted by atomic mass is 35.5. The van der Waals surface area contributed by atoms with Crippen molar-refractivity contribution in [3.63, 3.8) is 0 Å². The van der Waals surface area contributed by atoms with Gasteiger partial charge >= 0.3 is 6.18 Å². The Morgan fingerprint density at radius 3 is 2.73 bits per heavy atom. The lowest BCUT2D eigenvalue weighted by Crippen LogP contribution is -2.34. The average molecular weight is 242 g/mol. The number of hydrogen-bond donors (Lipinski definition) is 1. The molecule has 0 aliphatic carbocycles. The number of nitrogens with zero attached hydrogens (tertiary/aromatic N) is 1. The van der Waals surface area contributed by atoms with Gasteiger partial charge in [0.05, 0.1) is 0 Å². The Labute approximate surface area is 88.5 Å². The number of hydrogen-bond acceptors (Lipinski definition) is 3. The maximum Gasteiger partial charge on any atom is 0.417 e. The van der Waals surface area contributed by atoms with Crippen LogP contribution in [0.1, 0.15) is 0 Å². The lowest BCUT2D eigenvalue weighted by atomic mass is 10.4. The van der Waals surface area contributed by atoms with Crippen LogP contribution in [0.25, 0.3) is 0 Å². The van der Waals surface area contributed by atoms with Gasteiger partial charge in [0.15, 0.2) is 17.0 Å². The van der Waals surface area contributed by atoms with Gasteiger partial charge < -0.3 is 9.84 Å². The lowest BCUT2D eigenvalue weighted by Gasteiger charge is -2.15. The summed E-state index contributed by atoms with van der Waals surface area (Å²) in [5.74, 6) is 0.00228. The molecule has 1 N–H and O–H groups in total. The van der Waals surface area contributed by atoms with Gasteiger partial charge in [-0.25, -0.2) is 4.98 Å². The normalized spacial score (nSPS) is 13.7. The van der Waals surface area contributed by atoms with E-state index in [9.17, 15) is 13.2 Å². The van der Waals surface area contributed by atoms with E-state index in [1.54, 1.807) is 0 Å². The second-order valence-electron chi connectivity index (χ2n) is 2.66. The van der Waals surface area contributed by atoms with Crippen LogP contribution in [0, 0.1) is 0 Å². The van der Waals surface area contributed by atoms with Crippen molar-refractivity contribution in [2.24, 2.45) is 0 Å². The van der Waals surface area contributed by atoms with Gasteiger partial charge in [-0.15, -0.1) is 0 Å². The molecular formula is C8H7ClF3NO2. The standard InChI is InChI=1S/C8H7ClF3NO2/c9-7-5(2-1-3-13-7)15-4-6(14)8(10,11)12/h1-3,6,14H,4H2. The molecule has 1 rings (SSSR count). The third kappa shape index (κ3) is 3.56. The SMILES string of the molecule is OC(COc1cccnc1Cl)C(F)(F)F. The molecule has 84 valence electrons. The maximum atomic E-state index is 11.9. The van der Waals surface area contributed by atoms with Gasteiger partial charge in [0.2, 0.25) is 0 Å². The minimum Gasteiger partial charge on any atom is -0.487 e. The molecule has 0 aliphatic heterocycles. The van der Waals surface area contributed by atoms with E-state index in [0.29, 0.717) is 0 Å². The summed E-state index contributed by atoms with van der Waals surface area (Å²) in [7, 11) is 0. The molecule has 1 unspecified atom stereocenters. The molecule has 0 bridgehead atoms. The number of pyridine rings is 1. The molecule has 0 aliphatic rings. The van der Waals surface area contributed by atoms with E-state index in [1.165, 1.54) is 18.3 Å². The van der Waals surface area contributed by atoms with Crippen molar-refractivity contribution in [2.45, 2.75) is 12.3 Å². The molecule has 1 aromatic rings. The van der Waals surface area contributed by atoms with Crippen LogP contribution in [-0.2, 0) is 0 Å². The number of rotatable bonds is 3. The quantitative estimate of drug-likeness (QED) is 0.824. The van der Waals surface area contributed by atoms with E-state index < -0.39 is 18.9 Å². The Bertz CT molecular complexity index is 332. The largest absolute Gasteiger partial charge is 0.487 e. The van der Waals surface area contributed by atoms with Gasteiger partial charge in [-0.05, 0) is 12.1 Å². The van der Waals surface area contributed by atoms with Crippen molar-refractivity contribution in [3.8, 4) is 5.75 Å². The molecule has 0 aromatic carbocycles. The fourth-order valence-electron chi connectivity index (χ4n) is 0.742. The summed E-state index contributed by atoms with van der Waals surface area (Å²) in [5.41, 5.74) is 0. The maximum absolute atomic E-state index is 11.9. The summed E-state index contributed by atoms with van der Waals surface area (Å²) < 4.78 is 40.3. The van der Waals surface area contributed by atoms with Crippen LogP contribution in [0.15, 0.2) is 18.3 Å². The first-order valence-corrected chi connectivity index (χ1v) is 4.27. The monoisotopic (exact) mass is 241 g/mol. The van der Waals surface area contributed by atoms with Gasteiger partial charge in [-0.3, -0.25) is 0 Å². The molecular weight excluding hydrogens is 235 g/mol. The first kappa shape index (κ1) is 12.1. The fraction of sp³-hybridized carbons (Fsp3) is 0.375. The van der Waals surface area contributed by atoms with E-state index in [-0.39, 0.29) is 10.9 Å². The molecule has 15 heavy (non-hydrogen) atoms. The molecule has 1 heterocycles. The molecule has 0 amide bonds. The molecule has 0 spiro atoms. The van der Waals surface area contributed by atoms with E-state index in [4.69, 9.17) is 16.7 Å². The Kier molecular flexibility index (Phi) is 3.76. The van der Waals surface area contributed by atoms with Gasteiger partial charge in [0, 0.05) is 6.20 Å². The van der Waals surface area contributed by atoms with Crippen LogP contribution in [0.3, 0.4) is 0 Å². The second-order valence-corrected chi connectivity index (χ2v) is 3.02. The van der Waals surface area contributed by atoms with Crippen LogP contribution in [0.5, 0.6) is 5.75 Å². The molecule has 7 heteroatoms. The summed E-state index contributed by atoms with van der Waals surface area (Å²) in [6, 6.07) is 2.82. The Balaban J connectivity index is 2.55. The van der Waals surface area contributed by atoms with Crippen LogP contribution in [0.4, 0.5) is 13.2 Å². The molecule has 0 fully saturated rings. The first-order chi connectivity index (χ1) is 6.91. The van der Waals surface area contributed by atoms with Crippen LogP contribution in [-0.4, -0.2) is 29.0 Å². The third-order valence-electron chi connectivity index (χ3n) is 1.50. The highest BCUT2D eigenvalue weighted by Crippen LogP contribution is 2.24. The van der Waals surface area contributed by atoms with E-state index in [0.717, 1.165) is 0 Å². The van der Waals surface area contributed by atoms with Crippen molar-refractivity contribution in [2.75, 3.05) is 6.61 Å². The molecule has 1 aromatic heterocycles. The van der Waals surface area contributed by atoms with Crippen molar-refractivity contribution in [1.29, 1.82) is 0 Å².